The number of nitrogens with one attached hydrogen (secondary N) is 3. The molecule has 1 aliphatic heterocycles. The Bertz CT molecular complexity index is 955. The van der Waals surface area contributed by atoms with E-state index in [1.165, 1.54) is 0 Å². The topological polar surface area (TPSA) is 97.9 Å². The third-order valence-corrected chi connectivity index (χ3v) is 6.10. The minimum Gasteiger partial charge on any atom is -0.497 e. The Morgan fingerprint density at radius 3 is 2.41 bits per heavy atom. The number of fused-ring (bicyclic) bond motifs is 1. The molecule has 1 heterocycles. The quantitative estimate of drug-likeness (QED) is 0.615. The SMILES string of the molecule is COc1ccc(NC(=O)NCC(=O)NCC2(c3ccc4c(c3)OCCO4)CCCC2)cc1. The zero-order chi connectivity index (χ0) is 22.4. The molecule has 3 amide bonds. The van der Waals surface area contributed by atoms with Gasteiger partial charge in [-0.2, -0.15) is 0 Å². The van der Waals surface area contributed by atoms with Crippen molar-refractivity contribution in [2.75, 3.05) is 38.7 Å². The molecule has 1 saturated carbocycles. The summed E-state index contributed by atoms with van der Waals surface area (Å²) in [6.07, 6.45) is 4.23. The molecule has 1 fully saturated rings. The smallest absolute Gasteiger partial charge is 0.319 e. The molecule has 0 saturated heterocycles. The maximum absolute atomic E-state index is 12.4. The first-order valence-corrected chi connectivity index (χ1v) is 10.9. The minimum absolute atomic E-state index is 0.0980. The lowest BCUT2D eigenvalue weighted by molar-refractivity contribution is -0.120. The number of rotatable bonds is 7. The molecule has 0 bridgehead atoms. The fraction of sp³-hybridized carbons (Fsp3) is 0.417. The molecule has 0 aromatic heterocycles. The van der Waals surface area contributed by atoms with E-state index in [4.69, 9.17) is 14.2 Å². The van der Waals surface area contributed by atoms with Gasteiger partial charge in [-0.15, -0.1) is 0 Å². The molecule has 2 aromatic carbocycles. The zero-order valence-corrected chi connectivity index (χ0v) is 18.2. The number of amides is 3. The van der Waals surface area contributed by atoms with Gasteiger partial charge >= 0.3 is 6.03 Å². The number of hydrogen-bond acceptors (Lipinski definition) is 5. The first kappa shape index (κ1) is 21.8. The normalized spacial score (nSPS) is 16.2. The van der Waals surface area contributed by atoms with E-state index in [-0.39, 0.29) is 17.9 Å². The van der Waals surface area contributed by atoms with Crippen molar-refractivity contribution in [3.63, 3.8) is 0 Å². The van der Waals surface area contributed by atoms with Crippen LogP contribution in [0, 0.1) is 0 Å². The Labute approximate surface area is 187 Å². The predicted molar refractivity (Wildman–Crippen MR) is 121 cm³/mol. The Morgan fingerprint density at radius 2 is 1.69 bits per heavy atom. The van der Waals surface area contributed by atoms with Crippen LogP contribution >= 0.6 is 0 Å². The fourth-order valence-corrected chi connectivity index (χ4v) is 4.33. The van der Waals surface area contributed by atoms with Gasteiger partial charge in [0.1, 0.15) is 19.0 Å². The number of carbonyl (C=O) groups excluding carboxylic acids is 2. The van der Waals surface area contributed by atoms with E-state index in [1.807, 2.05) is 12.1 Å². The zero-order valence-electron chi connectivity index (χ0n) is 18.2. The fourth-order valence-electron chi connectivity index (χ4n) is 4.33. The van der Waals surface area contributed by atoms with Crippen molar-refractivity contribution in [1.82, 2.24) is 10.6 Å². The third kappa shape index (κ3) is 5.07. The summed E-state index contributed by atoms with van der Waals surface area (Å²) in [5, 5.41) is 8.30. The van der Waals surface area contributed by atoms with E-state index >= 15 is 0 Å². The van der Waals surface area contributed by atoms with E-state index in [0.717, 1.165) is 42.7 Å². The van der Waals surface area contributed by atoms with Crippen molar-refractivity contribution in [3.8, 4) is 17.2 Å². The second-order valence-electron chi connectivity index (χ2n) is 8.16. The average Bonchev–Trinajstić information content (AvgIpc) is 3.32. The summed E-state index contributed by atoms with van der Waals surface area (Å²) in [7, 11) is 1.58. The van der Waals surface area contributed by atoms with Gasteiger partial charge in [0.2, 0.25) is 5.91 Å². The molecule has 0 spiro atoms. The Balaban J connectivity index is 1.30. The van der Waals surface area contributed by atoms with Crippen LogP contribution in [0.5, 0.6) is 17.2 Å². The highest BCUT2D eigenvalue weighted by molar-refractivity contribution is 5.92. The number of hydrogen-bond donors (Lipinski definition) is 3. The lowest BCUT2D eigenvalue weighted by Gasteiger charge is -2.31. The summed E-state index contributed by atoms with van der Waals surface area (Å²) in [5.41, 5.74) is 1.65. The van der Waals surface area contributed by atoms with Gasteiger partial charge in [0.05, 0.1) is 13.7 Å². The molecule has 2 aliphatic rings. The van der Waals surface area contributed by atoms with Gasteiger partial charge in [0.15, 0.2) is 11.5 Å². The standard InChI is InChI=1S/C24H29N3O5/c1-30-19-7-5-18(6-8-19)27-23(29)25-15-22(28)26-16-24(10-2-3-11-24)17-4-9-20-21(14-17)32-13-12-31-20/h4-9,14H,2-3,10-13,15-16H2,1H3,(H,26,28)(H2,25,27,29). The molecule has 8 nitrogen and oxygen atoms in total. The Kier molecular flexibility index (Phi) is 6.68. The molecule has 0 atom stereocenters. The van der Waals surface area contributed by atoms with Crippen LogP contribution in [0.3, 0.4) is 0 Å². The summed E-state index contributed by atoms with van der Waals surface area (Å²) in [5.74, 6) is 2.01. The van der Waals surface area contributed by atoms with Gasteiger partial charge in [-0.25, -0.2) is 4.79 Å². The molecule has 1 aliphatic carbocycles. The number of methoxy groups -OCH3 is 1. The van der Waals surface area contributed by atoms with Crippen molar-refractivity contribution in [2.24, 2.45) is 0 Å². The van der Waals surface area contributed by atoms with E-state index in [1.54, 1.807) is 31.4 Å². The monoisotopic (exact) mass is 439 g/mol. The van der Waals surface area contributed by atoms with Gasteiger partial charge in [-0.3, -0.25) is 4.79 Å². The highest BCUT2D eigenvalue weighted by Crippen LogP contribution is 2.43. The van der Waals surface area contributed by atoms with Crippen LogP contribution in [0.15, 0.2) is 42.5 Å². The predicted octanol–water partition coefficient (Wildman–Crippen LogP) is 3.22. The minimum atomic E-state index is -0.437. The molecule has 0 radical (unpaired) electrons. The van der Waals surface area contributed by atoms with E-state index in [2.05, 4.69) is 22.0 Å². The van der Waals surface area contributed by atoms with Crippen molar-refractivity contribution < 1.29 is 23.8 Å². The molecule has 0 unspecified atom stereocenters. The van der Waals surface area contributed by atoms with Gasteiger partial charge < -0.3 is 30.2 Å². The molecule has 3 N–H and O–H groups in total. The summed E-state index contributed by atoms with van der Waals surface area (Å²) in [4.78, 5) is 24.5. The maximum atomic E-state index is 12.4. The Hall–Kier alpha value is -3.42. The van der Waals surface area contributed by atoms with Crippen LogP contribution in [0.1, 0.15) is 31.2 Å². The summed E-state index contributed by atoms with van der Waals surface area (Å²) in [6.45, 7) is 1.53. The van der Waals surface area contributed by atoms with Gasteiger partial charge in [0, 0.05) is 17.6 Å². The van der Waals surface area contributed by atoms with Crippen LogP contribution in [-0.2, 0) is 10.2 Å². The van der Waals surface area contributed by atoms with Gasteiger partial charge in [-0.05, 0) is 54.8 Å². The van der Waals surface area contributed by atoms with Crippen LogP contribution in [-0.4, -0.2) is 45.4 Å². The number of anilines is 1. The third-order valence-electron chi connectivity index (χ3n) is 6.10. The van der Waals surface area contributed by atoms with Crippen molar-refractivity contribution in [1.29, 1.82) is 0 Å². The van der Waals surface area contributed by atoms with Gasteiger partial charge in [0.25, 0.3) is 0 Å². The van der Waals surface area contributed by atoms with Crippen LogP contribution in [0.2, 0.25) is 0 Å². The van der Waals surface area contributed by atoms with Crippen molar-refractivity contribution in [2.45, 2.75) is 31.1 Å². The molecule has 2 aromatic rings. The van der Waals surface area contributed by atoms with Crippen LogP contribution in [0.4, 0.5) is 10.5 Å². The summed E-state index contributed by atoms with van der Waals surface area (Å²) in [6, 6.07) is 12.6. The lowest BCUT2D eigenvalue weighted by Crippen LogP contribution is -2.44. The highest BCUT2D eigenvalue weighted by Gasteiger charge is 2.36. The second-order valence-corrected chi connectivity index (χ2v) is 8.16. The van der Waals surface area contributed by atoms with E-state index in [0.29, 0.717) is 31.2 Å². The molecular weight excluding hydrogens is 410 g/mol. The Morgan fingerprint density at radius 1 is 0.969 bits per heavy atom. The van der Waals surface area contributed by atoms with Crippen molar-refractivity contribution >= 4 is 17.6 Å². The highest BCUT2D eigenvalue weighted by atomic mass is 16.6. The summed E-state index contributed by atoms with van der Waals surface area (Å²) >= 11 is 0. The number of urea groups is 1. The second kappa shape index (κ2) is 9.80. The first-order valence-electron chi connectivity index (χ1n) is 10.9. The van der Waals surface area contributed by atoms with Gasteiger partial charge in [-0.1, -0.05) is 18.9 Å². The largest absolute Gasteiger partial charge is 0.497 e. The van der Waals surface area contributed by atoms with Crippen molar-refractivity contribution in [3.05, 3.63) is 48.0 Å². The molecule has 32 heavy (non-hydrogen) atoms. The summed E-state index contributed by atoms with van der Waals surface area (Å²) < 4.78 is 16.5. The van der Waals surface area contributed by atoms with E-state index in [9.17, 15) is 9.59 Å². The number of benzene rings is 2. The first-order chi connectivity index (χ1) is 15.6. The lowest BCUT2D eigenvalue weighted by atomic mass is 9.78. The maximum Gasteiger partial charge on any atom is 0.319 e. The van der Waals surface area contributed by atoms with E-state index < -0.39 is 6.03 Å². The van der Waals surface area contributed by atoms with Crippen LogP contribution in [0.25, 0.3) is 0 Å². The molecular formula is C24H29N3O5. The number of ether oxygens (including phenoxy) is 3. The number of carbonyl (C=O) groups is 2. The molecule has 4 rings (SSSR count). The molecule has 170 valence electrons. The van der Waals surface area contributed by atoms with Crippen LogP contribution < -0.4 is 30.2 Å². The molecule has 8 heteroatoms. The average molecular weight is 440 g/mol.